The van der Waals surface area contributed by atoms with E-state index in [0.717, 1.165) is 31.6 Å². The van der Waals surface area contributed by atoms with Gasteiger partial charge in [-0.15, -0.1) is 0 Å². The van der Waals surface area contributed by atoms with E-state index in [0.29, 0.717) is 6.54 Å². The first-order valence-electron chi connectivity index (χ1n) is 7.04. The lowest BCUT2D eigenvalue weighted by atomic mass is 9.80. The highest BCUT2D eigenvalue weighted by molar-refractivity contribution is 5.73. The number of aryl methyl sites for hydroxylation is 1. The van der Waals surface area contributed by atoms with Gasteiger partial charge in [0, 0.05) is 26.0 Å². The van der Waals surface area contributed by atoms with E-state index in [4.69, 9.17) is 0 Å². The lowest BCUT2D eigenvalue weighted by Crippen LogP contribution is -2.42. The normalized spacial score (nSPS) is 11.4. The van der Waals surface area contributed by atoms with Crippen LogP contribution in [0.15, 0.2) is 12.4 Å². The standard InChI is InChI=1S/C14H26N4O/c1-5-14(6-2,7-3)11-17-13(19)16-10-12-15-8-9-18(12)4/h8-9H,5-7,10-11H2,1-4H3,(H2,16,17,19). The van der Waals surface area contributed by atoms with E-state index < -0.39 is 0 Å². The number of hydrogen-bond acceptors (Lipinski definition) is 2. The Morgan fingerprint density at radius 1 is 1.26 bits per heavy atom. The highest BCUT2D eigenvalue weighted by Crippen LogP contribution is 2.29. The highest BCUT2D eigenvalue weighted by Gasteiger charge is 2.24. The topological polar surface area (TPSA) is 59.0 Å². The fraction of sp³-hybridized carbons (Fsp3) is 0.714. The molecule has 0 aliphatic rings. The SMILES string of the molecule is CCC(CC)(CC)CNC(=O)NCc1nccn1C. The maximum atomic E-state index is 11.8. The zero-order chi connectivity index (χ0) is 14.3. The molecule has 1 heterocycles. The van der Waals surface area contributed by atoms with Gasteiger partial charge in [-0.25, -0.2) is 9.78 Å². The first-order chi connectivity index (χ1) is 9.06. The van der Waals surface area contributed by atoms with Crippen molar-refractivity contribution in [3.63, 3.8) is 0 Å². The van der Waals surface area contributed by atoms with Crippen molar-refractivity contribution in [2.24, 2.45) is 12.5 Å². The summed E-state index contributed by atoms with van der Waals surface area (Å²) in [6, 6.07) is -0.122. The van der Waals surface area contributed by atoms with Crippen LogP contribution in [0, 0.1) is 5.41 Å². The van der Waals surface area contributed by atoms with E-state index in [1.807, 2.05) is 17.8 Å². The van der Waals surface area contributed by atoms with Crippen molar-refractivity contribution in [1.29, 1.82) is 0 Å². The molecule has 0 saturated heterocycles. The summed E-state index contributed by atoms with van der Waals surface area (Å²) in [5, 5.41) is 5.81. The fourth-order valence-corrected chi connectivity index (χ4v) is 2.18. The van der Waals surface area contributed by atoms with Crippen LogP contribution in [0.4, 0.5) is 4.79 Å². The predicted octanol–water partition coefficient (Wildman–Crippen LogP) is 2.44. The number of rotatable bonds is 7. The van der Waals surface area contributed by atoms with Crippen LogP contribution in [-0.4, -0.2) is 22.1 Å². The van der Waals surface area contributed by atoms with E-state index in [1.54, 1.807) is 6.20 Å². The summed E-state index contributed by atoms with van der Waals surface area (Å²) in [6.07, 6.45) is 6.84. The van der Waals surface area contributed by atoms with Gasteiger partial charge in [0.25, 0.3) is 0 Å². The Morgan fingerprint density at radius 3 is 2.37 bits per heavy atom. The van der Waals surface area contributed by atoms with Gasteiger partial charge in [0.15, 0.2) is 0 Å². The second-order valence-electron chi connectivity index (χ2n) is 5.05. The quantitative estimate of drug-likeness (QED) is 0.796. The monoisotopic (exact) mass is 266 g/mol. The van der Waals surface area contributed by atoms with Crippen molar-refractivity contribution in [2.75, 3.05) is 6.54 Å². The molecule has 19 heavy (non-hydrogen) atoms. The van der Waals surface area contributed by atoms with E-state index >= 15 is 0 Å². The molecule has 2 amide bonds. The molecule has 0 aliphatic carbocycles. The van der Waals surface area contributed by atoms with Gasteiger partial charge in [0.05, 0.1) is 6.54 Å². The minimum absolute atomic E-state index is 0.122. The van der Waals surface area contributed by atoms with Crippen LogP contribution < -0.4 is 10.6 Å². The van der Waals surface area contributed by atoms with Gasteiger partial charge in [0.1, 0.15) is 5.82 Å². The summed E-state index contributed by atoms with van der Waals surface area (Å²) in [5.41, 5.74) is 0.223. The molecule has 0 fully saturated rings. The van der Waals surface area contributed by atoms with Crippen molar-refractivity contribution in [3.05, 3.63) is 18.2 Å². The molecule has 2 N–H and O–H groups in total. The van der Waals surface area contributed by atoms with Gasteiger partial charge in [-0.3, -0.25) is 0 Å². The molecule has 0 aliphatic heterocycles. The number of carbonyl (C=O) groups excluding carboxylic acids is 1. The lowest BCUT2D eigenvalue weighted by Gasteiger charge is -2.30. The van der Waals surface area contributed by atoms with Gasteiger partial charge < -0.3 is 15.2 Å². The minimum Gasteiger partial charge on any atom is -0.338 e. The summed E-state index contributed by atoms with van der Waals surface area (Å²) >= 11 is 0. The Morgan fingerprint density at radius 2 is 1.89 bits per heavy atom. The van der Waals surface area contributed by atoms with E-state index in [-0.39, 0.29) is 11.4 Å². The third kappa shape index (κ3) is 4.26. The number of carbonyl (C=O) groups is 1. The minimum atomic E-state index is -0.122. The smallest absolute Gasteiger partial charge is 0.315 e. The van der Waals surface area contributed by atoms with Crippen LogP contribution >= 0.6 is 0 Å². The van der Waals surface area contributed by atoms with Gasteiger partial charge in [-0.05, 0) is 24.7 Å². The molecule has 5 nitrogen and oxygen atoms in total. The molecule has 0 radical (unpaired) electrons. The summed E-state index contributed by atoms with van der Waals surface area (Å²) in [7, 11) is 1.91. The average molecular weight is 266 g/mol. The molecule has 0 spiro atoms. The largest absolute Gasteiger partial charge is 0.338 e. The van der Waals surface area contributed by atoms with Gasteiger partial charge in [-0.2, -0.15) is 0 Å². The lowest BCUT2D eigenvalue weighted by molar-refractivity contribution is 0.215. The third-order valence-corrected chi connectivity index (χ3v) is 4.20. The van der Waals surface area contributed by atoms with Crippen molar-refractivity contribution < 1.29 is 4.79 Å². The van der Waals surface area contributed by atoms with E-state index in [1.165, 1.54) is 0 Å². The Bertz CT molecular complexity index is 388. The Labute approximate surface area is 115 Å². The second kappa shape index (κ2) is 7.16. The van der Waals surface area contributed by atoms with E-state index in [9.17, 15) is 4.79 Å². The molecule has 1 rings (SSSR count). The molecule has 5 heteroatoms. The molecule has 1 aromatic rings. The van der Waals surface area contributed by atoms with E-state index in [2.05, 4.69) is 36.4 Å². The molecule has 0 bridgehead atoms. The molecule has 108 valence electrons. The number of hydrogen-bond donors (Lipinski definition) is 2. The zero-order valence-electron chi connectivity index (χ0n) is 12.5. The first kappa shape index (κ1) is 15.5. The summed E-state index contributed by atoms with van der Waals surface area (Å²) < 4.78 is 1.90. The van der Waals surface area contributed by atoms with Gasteiger partial charge in [-0.1, -0.05) is 20.8 Å². The Balaban J connectivity index is 2.37. The molecular weight excluding hydrogens is 240 g/mol. The summed E-state index contributed by atoms with van der Waals surface area (Å²) in [4.78, 5) is 16.0. The number of amides is 2. The number of imidazole rings is 1. The summed E-state index contributed by atoms with van der Waals surface area (Å²) in [6.45, 7) is 7.72. The highest BCUT2D eigenvalue weighted by atomic mass is 16.2. The van der Waals surface area contributed by atoms with Crippen LogP contribution in [0.5, 0.6) is 0 Å². The van der Waals surface area contributed by atoms with Crippen molar-refractivity contribution >= 4 is 6.03 Å². The van der Waals surface area contributed by atoms with Crippen LogP contribution in [0.2, 0.25) is 0 Å². The van der Waals surface area contributed by atoms with Crippen LogP contribution in [0.1, 0.15) is 45.9 Å². The maximum absolute atomic E-state index is 11.8. The average Bonchev–Trinajstić information content (AvgIpc) is 2.84. The number of urea groups is 1. The Kier molecular flexibility index (Phi) is 5.86. The molecule has 1 aromatic heterocycles. The third-order valence-electron chi connectivity index (χ3n) is 4.20. The second-order valence-corrected chi connectivity index (χ2v) is 5.05. The molecule has 0 unspecified atom stereocenters. The van der Waals surface area contributed by atoms with Gasteiger partial charge >= 0.3 is 6.03 Å². The number of nitrogens with zero attached hydrogens (tertiary/aromatic N) is 2. The predicted molar refractivity (Wildman–Crippen MR) is 76.8 cm³/mol. The van der Waals surface area contributed by atoms with Crippen LogP contribution in [0.25, 0.3) is 0 Å². The van der Waals surface area contributed by atoms with Crippen LogP contribution in [-0.2, 0) is 13.6 Å². The molecule has 0 atom stereocenters. The van der Waals surface area contributed by atoms with Crippen molar-refractivity contribution in [3.8, 4) is 0 Å². The summed E-state index contributed by atoms with van der Waals surface area (Å²) in [5.74, 6) is 0.850. The molecular formula is C14H26N4O. The Hall–Kier alpha value is -1.52. The molecule has 0 saturated carbocycles. The maximum Gasteiger partial charge on any atom is 0.315 e. The zero-order valence-corrected chi connectivity index (χ0v) is 12.5. The fourth-order valence-electron chi connectivity index (χ4n) is 2.18. The first-order valence-corrected chi connectivity index (χ1v) is 7.04. The van der Waals surface area contributed by atoms with Gasteiger partial charge in [0.2, 0.25) is 0 Å². The van der Waals surface area contributed by atoms with Crippen molar-refractivity contribution in [1.82, 2.24) is 20.2 Å². The number of aromatic nitrogens is 2. The number of nitrogens with one attached hydrogen (secondary N) is 2. The molecule has 0 aromatic carbocycles. The van der Waals surface area contributed by atoms with Crippen LogP contribution in [0.3, 0.4) is 0 Å². The van der Waals surface area contributed by atoms with Crippen molar-refractivity contribution in [2.45, 2.75) is 46.6 Å².